The molecule has 2 rings (SSSR count). The highest BCUT2D eigenvalue weighted by Crippen LogP contribution is 2.20. The van der Waals surface area contributed by atoms with Gasteiger partial charge in [0.1, 0.15) is 0 Å². The standard InChI is InChI=1S/C16H19NO5S/c1-12(10-21-2)17-16(18)15-13(8-9-22-15)11-23(19,20)14-6-4-3-5-7-14/h3-9,12H,10-11H2,1-2H3,(H,17,18)/t12-/m1/s1. The van der Waals surface area contributed by atoms with Crippen molar-refractivity contribution in [3.8, 4) is 0 Å². The molecule has 124 valence electrons. The Morgan fingerprint density at radius 2 is 1.96 bits per heavy atom. The Morgan fingerprint density at radius 3 is 2.61 bits per heavy atom. The maximum atomic E-state index is 12.4. The van der Waals surface area contributed by atoms with E-state index in [4.69, 9.17) is 9.15 Å². The van der Waals surface area contributed by atoms with Gasteiger partial charge in [-0.3, -0.25) is 4.79 Å². The summed E-state index contributed by atoms with van der Waals surface area (Å²) in [7, 11) is -2.01. The molecule has 1 aromatic carbocycles. The van der Waals surface area contributed by atoms with Gasteiger partial charge in [0.25, 0.3) is 5.91 Å². The Balaban J connectivity index is 2.17. The van der Waals surface area contributed by atoms with Crippen LogP contribution in [0.5, 0.6) is 0 Å². The molecule has 7 heteroatoms. The lowest BCUT2D eigenvalue weighted by molar-refractivity contribution is 0.0877. The van der Waals surface area contributed by atoms with E-state index < -0.39 is 15.7 Å². The van der Waals surface area contributed by atoms with Crippen LogP contribution in [0.1, 0.15) is 23.0 Å². The van der Waals surface area contributed by atoms with Gasteiger partial charge in [-0.1, -0.05) is 18.2 Å². The van der Waals surface area contributed by atoms with Gasteiger partial charge in [0.2, 0.25) is 0 Å². The number of carbonyl (C=O) groups excluding carboxylic acids is 1. The van der Waals surface area contributed by atoms with E-state index in [1.807, 2.05) is 0 Å². The van der Waals surface area contributed by atoms with Crippen LogP contribution in [0, 0.1) is 0 Å². The number of hydrogen-bond acceptors (Lipinski definition) is 5. The highest BCUT2D eigenvalue weighted by atomic mass is 32.2. The van der Waals surface area contributed by atoms with E-state index in [2.05, 4.69) is 5.32 Å². The quantitative estimate of drug-likeness (QED) is 0.835. The number of furan rings is 1. The number of carbonyl (C=O) groups is 1. The topological polar surface area (TPSA) is 85.6 Å². The predicted octanol–water partition coefficient (Wildman–Crippen LogP) is 2.02. The molecule has 1 atom stereocenters. The number of amides is 1. The highest BCUT2D eigenvalue weighted by Gasteiger charge is 2.23. The van der Waals surface area contributed by atoms with Gasteiger partial charge in [-0.15, -0.1) is 0 Å². The Hall–Kier alpha value is -2.12. The summed E-state index contributed by atoms with van der Waals surface area (Å²) in [5, 5.41) is 2.70. The van der Waals surface area contributed by atoms with Crippen LogP contribution in [0.15, 0.2) is 52.0 Å². The SMILES string of the molecule is COC[C@@H](C)NC(=O)c1occc1CS(=O)(=O)c1ccccc1. The summed E-state index contributed by atoms with van der Waals surface area (Å²) in [6.07, 6.45) is 1.31. The molecule has 0 saturated heterocycles. The first-order chi connectivity index (χ1) is 10.9. The maximum absolute atomic E-state index is 12.4. The van der Waals surface area contributed by atoms with Gasteiger partial charge >= 0.3 is 0 Å². The van der Waals surface area contributed by atoms with Gasteiger partial charge in [-0.05, 0) is 25.1 Å². The van der Waals surface area contributed by atoms with Crippen LogP contribution in [0.4, 0.5) is 0 Å². The van der Waals surface area contributed by atoms with Crippen molar-refractivity contribution in [2.75, 3.05) is 13.7 Å². The predicted molar refractivity (Wildman–Crippen MR) is 84.8 cm³/mol. The third-order valence-corrected chi connectivity index (χ3v) is 4.88. The number of rotatable bonds is 7. The van der Waals surface area contributed by atoms with Gasteiger partial charge in [0, 0.05) is 18.7 Å². The van der Waals surface area contributed by atoms with E-state index in [0.29, 0.717) is 12.2 Å². The number of hydrogen-bond donors (Lipinski definition) is 1. The summed E-state index contributed by atoms with van der Waals surface area (Å²) in [5.41, 5.74) is 0.330. The third kappa shape index (κ3) is 4.43. The summed E-state index contributed by atoms with van der Waals surface area (Å²) in [6, 6.07) is 9.38. The summed E-state index contributed by atoms with van der Waals surface area (Å²) in [5.74, 6) is -0.750. The normalized spacial score (nSPS) is 12.8. The van der Waals surface area contributed by atoms with Crippen molar-refractivity contribution in [1.82, 2.24) is 5.32 Å². The molecule has 6 nitrogen and oxygen atoms in total. The van der Waals surface area contributed by atoms with E-state index in [1.165, 1.54) is 31.6 Å². The first kappa shape index (κ1) is 17.2. The van der Waals surface area contributed by atoms with E-state index in [-0.39, 0.29) is 22.5 Å². The molecule has 0 saturated carbocycles. The van der Waals surface area contributed by atoms with Crippen LogP contribution in [0.2, 0.25) is 0 Å². The fourth-order valence-corrected chi connectivity index (χ4v) is 3.52. The molecule has 0 radical (unpaired) electrons. The number of ether oxygens (including phenoxy) is 1. The number of sulfone groups is 1. The van der Waals surface area contributed by atoms with Gasteiger partial charge in [-0.2, -0.15) is 0 Å². The average molecular weight is 337 g/mol. The molecule has 1 amide bonds. The van der Waals surface area contributed by atoms with E-state index >= 15 is 0 Å². The van der Waals surface area contributed by atoms with Crippen molar-refractivity contribution in [3.05, 3.63) is 54.0 Å². The van der Waals surface area contributed by atoms with Crippen molar-refractivity contribution >= 4 is 15.7 Å². The second-order valence-corrected chi connectivity index (χ2v) is 7.17. The van der Waals surface area contributed by atoms with Crippen LogP contribution >= 0.6 is 0 Å². The largest absolute Gasteiger partial charge is 0.459 e. The Morgan fingerprint density at radius 1 is 1.26 bits per heavy atom. The monoisotopic (exact) mass is 337 g/mol. The van der Waals surface area contributed by atoms with Gasteiger partial charge < -0.3 is 14.5 Å². The lowest BCUT2D eigenvalue weighted by atomic mass is 10.2. The molecule has 0 aliphatic carbocycles. The molecule has 1 heterocycles. The van der Waals surface area contributed by atoms with Crippen LogP contribution in [0.25, 0.3) is 0 Å². The van der Waals surface area contributed by atoms with Crippen LogP contribution in [-0.4, -0.2) is 34.1 Å². The molecule has 0 aliphatic heterocycles. The maximum Gasteiger partial charge on any atom is 0.287 e. The summed E-state index contributed by atoms with van der Waals surface area (Å²) < 4.78 is 34.9. The molecule has 23 heavy (non-hydrogen) atoms. The van der Waals surface area contributed by atoms with Gasteiger partial charge in [0.05, 0.1) is 23.5 Å². The molecule has 0 spiro atoms. The fourth-order valence-electron chi connectivity index (χ4n) is 2.15. The summed E-state index contributed by atoms with van der Waals surface area (Å²) >= 11 is 0. The molecule has 1 N–H and O–H groups in total. The minimum atomic E-state index is -3.54. The second kappa shape index (κ2) is 7.43. The minimum absolute atomic E-state index is 0.00691. The van der Waals surface area contributed by atoms with E-state index in [1.54, 1.807) is 25.1 Å². The zero-order valence-electron chi connectivity index (χ0n) is 13.0. The molecule has 0 fully saturated rings. The first-order valence-corrected chi connectivity index (χ1v) is 8.73. The molecule has 0 aliphatic rings. The van der Waals surface area contributed by atoms with Gasteiger partial charge in [-0.25, -0.2) is 8.42 Å². The second-order valence-electron chi connectivity index (χ2n) is 5.18. The van der Waals surface area contributed by atoms with Crippen molar-refractivity contribution in [3.63, 3.8) is 0 Å². The molecule has 2 aromatic rings. The van der Waals surface area contributed by atoms with Crippen LogP contribution in [-0.2, 0) is 20.3 Å². The zero-order valence-corrected chi connectivity index (χ0v) is 13.8. The number of benzene rings is 1. The number of methoxy groups -OCH3 is 1. The van der Waals surface area contributed by atoms with Crippen molar-refractivity contribution in [1.29, 1.82) is 0 Å². The van der Waals surface area contributed by atoms with E-state index in [9.17, 15) is 13.2 Å². The highest BCUT2D eigenvalue weighted by molar-refractivity contribution is 7.90. The van der Waals surface area contributed by atoms with Crippen molar-refractivity contribution in [2.24, 2.45) is 0 Å². The minimum Gasteiger partial charge on any atom is -0.459 e. The van der Waals surface area contributed by atoms with Crippen molar-refractivity contribution < 1.29 is 22.4 Å². The molecule has 0 unspecified atom stereocenters. The summed E-state index contributed by atoms with van der Waals surface area (Å²) in [6.45, 7) is 2.13. The smallest absolute Gasteiger partial charge is 0.287 e. The van der Waals surface area contributed by atoms with Crippen molar-refractivity contribution in [2.45, 2.75) is 23.6 Å². The lowest BCUT2D eigenvalue weighted by Gasteiger charge is -2.12. The third-order valence-electron chi connectivity index (χ3n) is 3.20. The summed E-state index contributed by atoms with van der Waals surface area (Å²) in [4.78, 5) is 12.4. The molecule has 1 aromatic heterocycles. The Labute approximate surface area is 135 Å². The van der Waals surface area contributed by atoms with Crippen LogP contribution < -0.4 is 5.32 Å². The first-order valence-electron chi connectivity index (χ1n) is 7.08. The number of nitrogens with one attached hydrogen (secondary N) is 1. The average Bonchev–Trinajstić information content (AvgIpc) is 2.96. The molecule has 0 bridgehead atoms. The zero-order chi connectivity index (χ0) is 16.9. The molecular weight excluding hydrogens is 318 g/mol. The van der Waals surface area contributed by atoms with Gasteiger partial charge in [0.15, 0.2) is 15.6 Å². The molecular formula is C16H19NO5S. The van der Waals surface area contributed by atoms with Crippen LogP contribution in [0.3, 0.4) is 0 Å². The Bertz CT molecular complexity index is 752. The Kier molecular flexibility index (Phi) is 5.57. The lowest BCUT2D eigenvalue weighted by Crippen LogP contribution is -2.35. The van der Waals surface area contributed by atoms with E-state index in [0.717, 1.165) is 0 Å². The fraction of sp³-hybridized carbons (Fsp3) is 0.312.